The van der Waals surface area contributed by atoms with Crippen LogP contribution in [-0.4, -0.2) is 15.0 Å². The quantitative estimate of drug-likeness (QED) is 0.897. The molecule has 1 atom stereocenters. The molecule has 4 nitrogen and oxygen atoms in total. The highest BCUT2D eigenvalue weighted by atomic mass is 14.9. The molecule has 0 aliphatic rings. The summed E-state index contributed by atoms with van der Waals surface area (Å²) < 4.78 is 0. The van der Waals surface area contributed by atoms with Crippen molar-refractivity contribution in [1.82, 2.24) is 15.0 Å². The molecule has 1 unspecified atom stereocenters. The van der Waals surface area contributed by atoms with Gasteiger partial charge in [0.25, 0.3) is 0 Å². The molecular formula is C14H18N4. The molecule has 0 amide bonds. The summed E-state index contributed by atoms with van der Waals surface area (Å²) in [4.78, 5) is 13.3. The summed E-state index contributed by atoms with van der Waals surface area (Å²) >= 11 is 0. The Kier molecular flexibility index (Phi) is 3.67. The van der Waals surface area contributed by atoms with Gasteiger partial charge in [0.15, 0.2) is 5.82 Å². The standard InChI is InChI=1S/C14H18N4/c1-4-11-6-5-7-16-13(11)14-17-8-12(9(2)15)10(3)18-14/h5-9H,4,15H2,1-3H3. The summed E-state index contributed by atoms with van der Waals surface area (Å²) in [5.74, 6) is 0.675. The topological polar surface area (TPSA) is 64.7 Å². The fourth-order valence-electron chi connectivity index (χ4n) is 1.96. The van der Waals surface area contributed by atoms with Gasteiger partial charge in [-0.1, -0.05) is 13.0 Å². The van der Waals surface area contributed by atoms with Crippen molar-refractivity contribution >= 4 is 0 Å². The SMILES string of the molecule is CCc1cccnc1-c1ncc(C(C)N)c(C)n1. The van der Waals surface area contributed by atoms with Crippen LogP contribution < -0.4 is 5.73 Å². The Labute approximate surface area is 107 Å². The first-order valence-electron chi connectivity index (χ1n) is 6.16. The number of rotatable bonds is 3. The van der Waals surface area contributed by atoms with Crippen LogP contribution in [0.25, 0.3) is 11.5 Å². The molecule has 2 aromatic rings. The van der Waals surface area contributed by atoms with E-state index in [2.05, 4.69) is 27.9 Å². The van der Waals surface area contributed by atoms with E-state index in [1.54, 1.807) is 12.4 Å². The number of aromatic nitrogens is 3. The first-order valence-corrected chi connectivity index (χ1v) is 6.16. The highest BCUT2D eigenvalue weighted by Gasteiger charge is 2.11. The summed E-state index contributed by atoms with van der Waals surface area (Å²) in [6, 6.07) is 3.94. The van der Waals surface area contributed by atoms with Crippen LogP contribution in [0.5, 0.6) is 0 Å². The van der Waals surface area contributed by atoms with Crippen molar-refractivity contribution < 1.29 is 0 Å². The second-order valence-corrected chi connectivity index (χ2v) is 4.39. The van der Waals surface area contributed by atoms with Crippen molar-refractivity contribution in [2.75, 3.05) is 0 Å². The third-order valence-electron chi connectivity index (χ3n) is 2.99. The lowest BCUT2D eigenvalue weighted by Crippen LogP contribution is -2.10. The van der Waals surface area contributed by atoms with Crippen molar-refractivity contribution in [3.8, 4) is 11.5 Å². The number of hydrogen-bond donors (Lipinski definition) is 1. The molecule has 0 aliphatic carbocycles. The minimum Gasteiger partial charge on any atom is -0.324 e. The zero-order valence-corrected chi connectivity index (χ0v) is 11.0. The Morgan fingerprint density at radius 1 is 1.33 bits per heavy atom. The minimum absolute atomic E-state index is 0.0478. The molecule has 0 spiro atoms. The van der Waals surface area contributed by atoms with E-state index >= 15 is 0 Å². The monoisotopic (exact) mass is 242 g/mol. The third-order valence-corrected chi connectivity index (χ3v) is 2.99. The molecule has 0 fully saturated rings. The molecule has 94 valence electrons. The Bertz CT molecular complexity index is 549. The zero-order valence-electron chi connectivity index (χ0n) is 11.0. The van der Waals surface area contributed by atoms with Gasteiger partial charge in [-0.05, 0) is 31.9 Å². The van der Waals surface area contributed by atoms with Gasteiger partial charge in [0.05, 0.1) is 0 Å². The van der Waals surface area contributed by atoms with Crippen molar-refractivity contribution in [3.05, 3.63) is 41.3 Å². The van der Waals surface area contributed by atoms with E-state index in [-0.39, 0.29) is 6.04 Å². The van der Waals surface area contributed by atoms with Gasteiger partial charge in [-0.3, -0.25) is 4.98 Å². The molecule has 2 heterocycles. The lowest BCUT2D eigenvalue weighted by Gasteiger charge is -2.10. The van der Waals surface area contributed by atoms with E-state index in [4.69, 9.17) is 5.73 Å². The summed E-state index contributed by atoms with van der Waals surface area (Å²) in [5, 5.41) is 0. The van der Waals surface area contributed by atoms with Crippen LogP contribution in [0.1, 0.15) is 36.7 Å². The molecule has 2 N–H and O–H groups in total. The van der Waals surface area contributed by atoms with Gasteiger partial charge in [0.1, 0.15) is 5.69 Å². The molecule has 0 radical (unpaired) electrons. The van der Waals surface area contributed by atoms with Crippen LogP contribution in [0.4, 0.5) is 0 Å². The average molecular weight is 242 g/mol. The number of nitrogens with two attached hydrogens (primary N) is 1. The Morgan fingerprint density at radius 2 is 2.11 bits per heavy atom. The molecule has 4 heteroatoms. The van der Waals surface area contributed by atoms with E-state index in [0.29, 0.717) is 5.82 Å². The van der Waals surface area contributed by atoms with Crippen LogP contribution >= 0.6 is 0 Å². The predicted octanol–water partition coefficient (Wildman–Crippen LogP) is 2.43. The Morgan fingerprint density at radius 3 is 2.72 bits per heavy atom. The molecule has 0 aromatic carbocycles. The summed E-state index contributed by atoms with van der Waals surface area (Å²) in [7, 11) is 0. The lowest BCUT2D eigenvalue weighted by molar-refractivity contribution is 0.789. The predicted molar refractivity (Wildman–Crippen MR) is 72.0 cm³/mol. The molecule has 0 saturated carbocycles. The van der Waals surface area contributed by atoms with Crippen LogP contribution in [0.3, 0.4) is 0 Å². The average Bonchev–Trinajstić information content (AvgIpc) is 2.38. The van der Waals surface area contributed by atoms with E-state index < -0.39 is 0 Å². The van der Waals surface area contributed by atoms with E-state index in [0.717, 1.165) is 28.9 Å². The number of nitrogens with zero attached hydrogens (tertiary/aromatic N) is 3. The number of aryl methyl sites for hydroxylation is 2. The maximum atomic E-state index is 5.86. The fraction of sp³-hybridized carbons (Fsp3) is 0.357. The van der Waals surface area contributed by atoms with Gasteiger partial charge in [-0.2, -0.15) is 0 Å². The van der Waals surface area contributed by atoms with Crippen LogP contribution in [0.15, 0.2) is 24.5 Å². The molecule has 0 bridgehead atoms. The van der Waals surface area contributed by atoms with Crippen molar-refractivity contribution in [2.45, 2.75) is 33.2 Å². The van der Waals surface area contributed by atoms with Crippen molar-refractivity contribution in [3.63, 3.8) is 0 Å². The van der Waals surface area contributed by atoms with E-state index in [1.807, 2.05) is 19.9 Å². The Balaban J connectivity index is 2.49. The van der Waals surface area contributed by atoms with Gasteiger partial charge in [-0.25, -0.2) is 9.97 Å². The fourth-order valence-corrected chi connectivity index (χ4v) is 1.96. The summed E-state index contributed by atoms with van der Waals surface area (Å²) in [6.07, 6.45) is 4.49. The normalized spacial score (nSPS) is 12.4. The largest absolute Gasteiger partial charge is 0.324 e. The first kappa shape index (κ1) is 12.6. The molecule has 2 rings (SSSR count). The second kappa shape index (κ2) is 5.23. The lowest BCUT2D eigenvalue weighted by atomic mass is 10.1. The van der Waals surface area contributed by atoms with Gasteiger partial charge in [0.2, 0.25) is 0 Å². The molecule has 0 saturated heterocycles. The molecule has 0 aliphatic heterocycles. The third kappa shape index (κ3) is 2.38. The molecule has 2 aromatic heterocycles. The van der Waals surface area contributed by atoms with Gasteiger partial charge >= 0.3 is 0 Å². The highest BCUT2D eigenvalue weighted by Crippen LogP contribution is 2.20. The molecule has 18 heavy (non-hydrogen) atoms. The Hall–Kier alpha value is -1.81. The highest BCUT2D eigenvalue weighted by molar-refractivity contribution is 5.54. The number of pyridine rings is 1. The maximum absolute atomic E-state index is 5.86. The molecular weight excluding hydrogens is 224 g/mol. The smallest absolute Gasteiger partial charge is 0.178 e. The minimum atomic E-state index is -0.0478. The van der Waals surface area contributed by atoms with Crippen LogP contribution in [-0.2, 0) is 6.42 Å². The summed E-state index contributed by atoms with van der Waals surface area (Å²) in [5.41, 5.74) is 9.78. The van der Waals surface area contributed by atoms with Crippen LogP contribution in [0, 0.1) is 6.92 Å². The van der Waals surface area contributed by atoms with E-state index in [1.165, 1.54) is 0 Å². The van der Waals surface area contributed by atoms with Gasteiger partial charge in [-0.15, -0.1) is 0 Å². The van der Waals surface area contributed by atoms with Crippen molar-refractivity contribution in [2.24, 2.45) is 5.73 Å². The van der Waals surface area contributed by atoms with Gasteiger partial charge < -0.3 is 5.73 Å². The summed E-state index contributed by atoms with van der Waals surface area (Å²) in [6.45, 7) is 5.99. The van der Waals surface area contributed by atoms with Gasteiger partial charge in [0, 0.05) is 29.7 Å². The number of hydrogen-bond acceptors (Lipinski definition) is 4. The van der Waals surface area contributed by atoms with Crippen LogP contribution in [0.2, 0.25) is 0 Å². The van der Waals surface area contributed by atoms with E-state index in [9.17, 15) is 0 Å². The zero-order chi connectivity index (χ0) is 13.1. The maximum Gasteiger partial charge on any atom is 0.178 e. The second-order valence-electron chi connectivity index (χ2n) is 4.39. The first-order chi connectivity index (χ1) is 8.63. The van der Waals surface area contributed by atoms with Crippen molar-refractivity contribution in [1.29, 1.82) is 0 Å².